The van der Waals surface area contributed by atoms with Crippen LogP contribution in [0.4, 0.5) is 5.69 Å². The maximum Gasteiger partial charge on any atom is 0.252 e. The molecule has 0 aliphatic rings. The minimum atomic E-state index is -0.568. The quantitative estimate of drug-likeness (QED) is 0.613. The number of hydrogen-bond donors (Lipinski definition) is 1. The van der Waals surface area contributed by atoms with Crippen molar-refractivity contribution in [2.45, 2.75) is 13.3 Å². The molecule has 0 amide bonds. The van der Waals surface area contributed by atoms with E-state index in [0.717, 1.165) is 0 Å². The molecule has 2 N–H and O–H groups in total. The molecule has 1 rings (SSSR count). The average molecular weight is 212 g/mol. The molecule has 0 unspecified atom stereocenters. The maximum absolute atomic E-state index is 11.0. The Hall–Kier alpha value is -1.35. The number of hydrogen-bond acceptors (Lipinski definition) is 3. The summed E-state index contributed by atoms with van der Waals surface area (Å²) < 4.78 is 0. The molecule has 14 heavy (non-hydrogen) atoms. The topological polar surface area (TPSA) is 60.2 Å². The van der Waals surface area contributed by atoms with Crippen molar-refractivity contribution in [1.82, 2.24) is 0 Å². The van der Waals surface area contributed by atoms with Crippen LogP contribution in [0.2, 0.25) is 0 Å². The van der Waals surface area contributed by atoms with Gasteiger partial charge in [-0.2, -0.15) is 0 Å². The fourth-order valence-electron chi connectivity index (χ4n) is 1.22. The van der Waals surface area contributed by atoms with Gasteiger partial charge in [0.05, 0.1) is 0 Å². The van der Waals surface area contributed by atoms with Gasteiger partial charge in [-0.3, -0.25) is 9.59 Å². The van der Waals surface area contributed by atoms with Crippen molar-refractivity contribution in [3.63, 3.8) is 0 Å². The number of nitrogen functional groups attached to an aromatic ring is 1. The fourth-order valence-corrected chi connectivity index (χ4v) is 1.40. The lowest BCUT2D eigenvalue weighted by Crippen LogP contribution is -2.04. The molecular formula is C10H10ClNO2. The Kier molecular flexibility index (Phi) is 3.25. The summed E-state index contributed by atoms with van der Waals surface area (Å²) in [4.78, 5) is 21.9. The Morgan fingerprint density at radius 2 is 2.07 bits per heavy atom. The SMILES string of the molecule is CC(=O)Cc1cc(N)ccc1C(=O)Cl. The molecule has 4 heteroatoms. The predicted octanol–water partition coefficient (Wildman–Crippen LogP) is 1.78. The lowest BCUT2D eigenvalue weighted by molar-refractivity contribution is -0.116. The molecule has 0 aliphatic carbocycles. The summed E-state index contributed by atoms with van der Waals surface area (Å²) in [5.74, 6) is -0.0326. The summed E-state index contributed by atoms with van der Waals surface area (Å²) in [5, 5.41) is -0.568. The van der Waals surface area contributed by atoms with Crippen molar-refractivity contribution in [2.24, 2.45) is 0 Å². The molecule has 0 radical (unpaired) electrons. The van der Waals surface area contributed by atoms with E-state index in [9.17, 15) is 9.59 Å². The van der Waals surface area contributed by atoms with Crippen molar-refractivity contribution < 1.29 is 9.59 Å². The van der Waals surface area contributed by atoms with Crippen molar-refractivity contribution in [2.75, 3.05) is 5.73 Å². The molecule has 0 bridgehead atoms. The first-order valence-electron chi connectivity index (χ1n) is 4.08. The van der Waals surface area contributed by atoms with E-state index in [1.165, 1.54) is 13.0 Å². The molecule has 0 atom stereocenters. The van der Waals surface area contributed by atoms with Crippen LogP contribution in [-0.4, -0.2) is 11.0 Å². The molecule has 0 saturated carbocycles. The van der Waals surface area contributed by atoms with Gasteiger partial charge < -0.3 is 5.73 Å². The van der Waals surface area contributed by atoms with Crippen molar-refractivity contribution >= 4 is 28.3 Å². The van der Waals surface area contributed by atoms with E-state index in [1.807, 2.05) is 0 Å². The first-order chi connectivity index (χ1) is 6.50. The third-order valence-corrected chi connectivity index (χ3v) is 1.98. The van der Waals surface area contributed by atoms with Gasteiger partial charge in [-0.15, -0.1) is 0 Å². The summed E-state index contributed by atoms with van der Waals surface area (Å²) in [6, 6.07) is 4.71. The van der Waals surface area contributed by atoms with E-state index >= 15 is 0 Å². The van der Waals surface area contributed by atoms with Crippen LogP contribution >= 0.6 is 11.6 Å². The highest BCUT2D eigenvalue weighted by Gasteiger charge is 2.10. The lowest BCUT2D eigenvalue weighted by atomic mass is 10.0. The number of ketones is 1. The third kappa shape index (κ3) is 2.57. The Morgan fingerprint density at radius 3 is 2.57 bits per heavy atom. The van der Waals surface area contributed by atoms with Gasteiger partial charge in [-0.1, -0.05) is 0 Å². The maximum atomic E-state index is 11.0. The highest BCUT2D eigenvalue weighted by atomic mass is 35.5. The van der Waals surface area contributed by atoms with Gasteiger partial charge in [0.15, 0.2) is 0 Å². The normalized spacial score (nSPS) is 9.86. The molecule has 0 aliphatic heterocycles. The number of Topliss-reactive ketones (excluding diaryl/α,β-unsaturated/α-hetero) is 1. The van der Waals surface area contributed by atoms with Crippen LogP contribution in [0.15, 0.2) is 18.2 Å². The van der Waals surface area contributed by atoms with Crippen molar-refractivity contribution in [1.29, 1.82) is 0 Å². The second-order valence-corrected chi connectivity index (χ2v) is 3.41. The fraction of sp³-hybridized carbons (Fsp3) is 0.200. The van der Waals surface area contributed by atoms with Gasteiger partial charge in [0.25, 0.3) is 5.24 Å². The van der Waals surface area contributed by atoms with Crippen LogP contribution in [-0.2, 0) is 11.2 Å². The minimum Gasteiger partial charge on any atom is -0.399 e. The second-order valence-electron chi connectivity index (χ2n) is 3.07. The van der Waals surface area contributed by atoms with Gasteiger partial charge in [0, 0.05) is 17.7 Å². The smallest absolute Gasteiger partial charge is 0.252 e. The molecule has 0 aromatic heterocycles. The van der Waals surface area contributed by atoms with Crippen molar-refractivity contribution in [3.05, 3.63) is 29.3 Å². The summed E-state index contributed by atoms with van der Waals surface area (Å²) in [5.41, 5.74) is 6.98. The van der Waals surface area contributed by atoms with E-state index in [-0.39, 0.29) is 12.2 Å². The van der Waals surface area contributed by atoms with Gasteiger partial charge >= 0.3 is 0 Å². The first kappa shape index (κ1) is 10.7. The molecular weight excluding hydrogens is 202 g/mol. The van der Waals surface area contributed by atoms with Crippen LogP contribution in [0.3, 0.4) is 0 Å². The summed E-state index contributed by atoms with van der Waals surface area (Å²) in [6.45, 7) is 1.45. The van der Waals surface area contributed by atoms with Gasteiger partial charge in [-0.05, 0) is 42.3 Å². The number of nitrogens with two attached hydrogens (primary N) is 1. The van der Waals surface area contributed by atoms with Gasteiger partial charge in [-0.25, -0.2) is 0 Å². The number of carbonyl (C=O) groups excluding carboxylic acids is 2. The molecule has 3 nitrogen and oxygen atoms in total. The first-order valence-corrected chi connectivity index (χ1v) is 4.46. The third-order valence-electron chi connectivity index (χ3n) is 1.78. The van der Waals surface area contributed by atoms with Crippen LogP contribution in [0.1, 0.15) is 22.8 Å². The van der Waals surface area contributed by atoms with Crippen LogP contribution in [0.25, 0.3) is 0 Å². The summed E-state index contributed by atoms with van der Waals surface area (Å²) >= 11 is 5.35. The van der Waals surface area contributed by atoms with E-state index in [2.05, 4.69) is 0 Å². The Morgan fingerprint density at radius 1 is 1.43 bits per heavy atom. The molecule has 0 spiro atoms. The van der Waals surface area contributed by atoms with E-state index in [1.54, 1.807) is 12.1 Å². The zero-order chi connectivity index (χ0) is 10.7. The Bertz CT molecular complexity index is 388. The van der Waals surface area contributed by atoms with Crippen LogP contribution in [0, 0.1) is 0 Å². The molecule has 0 heterocycles. The number of carbonyl (C=O) groups is 2. The largest absolute Gasteiger partial charge is 0.399 e. The molecule has 0 saturated heterocycles. The van der Waals surface area contributed by atoms with Crippen LogP contribution < -0.4 is 5.73 Å². The lowest BCUT2D eigenvalue weighted by Gasteiger charge is -2.04. The molecule has 74 valence electrons. The van der Waals surface area contributed by atoms with Gasteiger partial charge in [0.1, 0.15) is 5.78 Å². The second kappa shape index (κ2) is 4.24. The molecule has 1 aromatic rings. The number of halogens is 1. The summed E-state index contributed by atoms with van der Waals surface area (Å²) in [7, 11) is 0. The Balaban J connectivity index is 3.15. The van der Waals surface area contributed by atoms with E-state index in [4.69, 9.17) is 17.3 Å². The number of rotatable bonds is 3. The van der Waals surface area contributed by atoms with Gasteiger partial charge in [0.2, 0.25) is 0 Å². The zero-order valence-corrected chi connectivity index (χ0v) is 8.47. The van der Waals surface area contributed by atoms with E-state index in [0.29, 0.717) is 16.8 Å². The standard InChI is InChI=1S/C10H10ClNO2/c1-6(13)4-7-5-8(12)2-3-9(7)10(11)14/h2-3,5H,4,12H2,1H3. The zero-order valence-electron chi connectivity index (χ0n) is 7.71. The summed E-state index contributed by atoms with van der Waals surface area (Å²) in [6.07, 6.45) is 0.179. The predicted molar refractivity (Wildman–Crippen MR) is 55.4 cm³/mol. The minimum absolute atomic E-state index is 0.0326. The number of benzene rings is 1. The average Bonchev–Trinajstić information content (AvgIpc) is 2.01. The van der Waals surface area contributed by atoms with Crippen molar-refractivity contribution in [3.8, 4) is 0 Å². The monoisotopic (exact) mass is 211 g/mol. The Labute approximate surface area is 86.9 Å². The molecule has 0 fully saturated rings. The van der Waals surface area contributed by atoms with Crippen LogP contribution in [0.5, 0.6) is 0 Å². The molecule has 1 aromatic carbocycles. The highest BCUT2D eigenvalue weighted by molar-refractivity contribution is 6.68. The number of anilines is 1. The highest BCUT2D eigenvalue weighted by Crippen LogP contribution is 2.16. The van der Waals surface area contributed by atoms with E-state index < -0.39 is 5.24 Å².